The van der Waals surface area contributed by atoms with Crippen LogP contribution < -0.4 is 5.32 Å². The number of carbonyl (C=O) groups is 1. The van der Waals surface area contributed by atoms with Crippen molar-refractivity contribution in [2.75, 3.05) is 11.9 Å². The van der Waals surface area contributed by atoms with Crippen LogP contribution >= 0.6 is 0 Å². The van der Waals surface area contributed by atoms with Crippen molar-refractivity contribution in [2.24, 2.45) is 0 Å². The second-order valence-electron chi connectivity index (χ2n) is 4.33. The predicted octanol–water partition coefficient (Wildman–Crippen LogP) is 3.16. The number of Topliss-reactive ketones (excluding diaryl/α,β-unsaturated/α-hetero) is 1. The van der Waals surface area contributed by atoms with Crippen LogP contribution in [0.2, 0.25) is 0 Å². The van der Waals surface area contributed by atoms with Crippen molar-refractivity contribution in [3.8, 4) is 6.07 Å². The molecule has 0 saturated heterocycles. The van der Waals surface area contributed by atoms with Gasteiger partial charge in [0.15, 0.2) is 5.78 Å². The first-order valence-electron chi connectivity index (χ1n) is 6.03. The smallest absolute Gasteiger partial charge is 0.181 e. The molecule has 94 valence electrons. The monoisotopic (exact) mass is 250 g/mol. The summed E-state index contributed by atoms with van der Waals surface area (Å²) in [6, 6.07) is 16.6. The van der Waals surface area contributed by atoms with E-state index in [1.165, 1.54) is 0 Å². The minimum atomic E-state index is 0.0457. The van der Waals surface area contributed by atoms with Crippen LogP contribution in [0.1, 0.15) is 21.5 Å². The van der Waals surface area contributed by atoms with E-state index in [1.54, 1.807) is 24.3 Å². The summed E-state index contributed by atoms with van der Waals surface area (Å²) in [7, 11) is 0. The third-order valence-corrected chi connectivity index (χ3v) is 2.84. The molecule has 2 aromatic carbocycles. The van der Waals surface area contributed by atoms with Crippen LogP contribution in [-0.2, 0) is 0 Å². The second-order valence-corrected chi connectivity index (χ2v) is 4.33. The van der Waals surface area contributed by atoms with Gasteiger partial charge in [0, 0.05) is 11.3 Å². The maximum atomic E-state index is 11.9. The zero-order valence-electron chi connectivity index (χ0n) is 10.7. The fraction of sp³-hybridized carbons (Fsp3) is 0.125. The SMILES string of the molecule is Cc1ccc(C(=O)CNc2ccc(C#N)cc2)cc1. The molecule has 3 nitrogen and oxygen atoms in total. The van der Waals surface area contributed by atoms with Gasteiger partial charge in [-0.15, -0.1) is 0 Å². The normalized spacial score (nSPS) is 9.68. The van der Waals surface area contributed by atoms with Gasteiger partial charge in [0.1, 0.15) is 0 Å². The van der Waals surface area contributed by atoms with E-state index in [9.17, 15) is 4.79 Å². The molecule has 0 bridgehead atoms. The summed E-state index contributed by atoms with van der Waals surface area (Å²) in [6.07, 6.45) is 0. The molecule has 0 atom stereocenters. The molecular formula is C16H14N2O. The van der Waals surface area contributed by atoms with Gasteiger partial charge in [-0.2, -0.15) is 5.26 Å². The molecule has 0 aliphatic rings. The predicted molar refractivity (Wildman–Crippen MR) is 75.2 cm³/mol. The minimum Gasteiger partial charge on any atom is -0.378 e. The third-order valence-electron chi connectivity index (χ3n) is 2.84. The Labute approximate surface area is 112 Å². The third kappa shape index (κ3) is 3.43. The van der Waals surface area contributed by atoms with Gasteiger partial charge < -0.3 is 5.32 Å². The van der Waals surface area contributed by atoms with Crippen molar-refractivity contribution in [3.05, 3.63) is 65.2 Å². The topological polar surface area (TPSA) is 52.9 Å². The summed E-state index contributed by atoms with van der Waals surface area (Å²) in [6.45, 7) is 2.23. The van der Waals surface area contributed by atoms with E-state index in [4.69, 9.17) is 5.26 Å². The molecule has 0 amide bonds. The van der Waals surface area contributed by atoms with Crippen molar-refractivity contribution in [3.63, 3.8) is 0 Å². The van der Waals surface area contributed by atoms with Gasteiger partial charge in [0.25, 0.3) is 0 Å². The number of ketones is 1. The molecule has 0 unspecified atom stereocenters. The first kappa shape index (κ1) is 12.8. The number of nitrogens with one attached hydrogen (secondary N) is 1. The maximum absolute atomic E-state index is 11.9. The van der Waals surface area contributed by atoms with Gasteiger partial charge in [-0.1, -0.05) is 29.8 Å². The van der Waals surface area contributed by atoms with Crippen LogP contribution in [0, 0.1) is 18.3 Å². The van der Waals surface area contributed by atoms with Crippen molar-refractivity contribution in [1.29, 1.82) is 5.26 Å². The van der Waals surface area contributed by atoms with Gasteiger partial charge in [0.05, 0.1) is 18.2 Å². The Kier molecular flexibility index (Phi) is 3.94. The van der Waals surface area contributed by atoms with Crippen LogP contribution in [0.5, 0.6) is 0 Å². The van der Waals surface area contributed by atoms with Crippen molar-refractivity contribution < 1.29 is 4.79 Å². The van der Waals surface area contributed by atoms with Gasteiger partial charge >= 0.3 is 0 Å². The lowest BCUT2D eigenvalue weighted by Gasteiger charge is -2.06. The van der Waals surface area contributed by atoms with E-state index in [0.717, 1.165) is 11.3 Å². The Morgan fingerprint density at radius 2 is 1.74 bits per heavy atom. The van der Waals surface area contributed by atoms with E-state index < -0.39 is 0 Å². The van der Waals surface area contributed by atoms with Gasteiger partial charge in [-0.3, -0.25) is 4.79 Å². The molecule has 19 heavy (non-hydrogen) atoms. The Bertz CT molecular complexity index is 607. The van der Waals surface area contributed by atoms with E-state index in [1.807, 2.05) is 31.2 Å². The summed E-state index contributed by atoms with van der Waals surface area (Å²) in [4.78, 5) is 11.9. The van der Waals surface area contributed by atoms with E-state index in [0.29, 0.717) is 11.1 Å². The van der Waals surface area contributed by atoms with E-state index in [2.05, 4.69) is 11.4 Å². The molecule has 3 heteroatoms. The van der Waals surface area contributed by atoms with Gasteiger partial charge in [-0.25, -0.2) is 0 Å². The highest BCUT2D eigenvalue weighted by molar-refractivity contribution is 5.98. The van der Waals surface area contributed by atoms with Crippen molar-refractivity contribution in [1.82, 2.24) is 0 Å². The van der Waals surface area contributed by atoms with Crippen LogP contribution in [0.25, 0.3) is 0 Å². The molecule has 2 rings (SSSR count). The number of benzene rings is 2. The molecule has 0 fully saturated rings. The zero-order chi connectivity index (χ0) is 13.7. The highest BCUT2D eigenvalue weighted by Crippen LogP contribution is 2.09. The number of anilines is 1. The standard InChI is InChI=1S/C16H14N2O/c1-12-2-6-14(7-3-12)16(19)11-18-15-8-4-13(10-17)5-9-15/h2-9,18H,11H2,1H3. The van der Waals surface area contributed by atoms with Crippen LogP contribution in [-0.4, -0.2) is 12.3 Å². The zero-order valence-corrected chi connectivity index (χ0v) is 10.7. The lowest BCUT2D eigenvalue weighted by molar-refractivity contribution is 0.101. The molecular weight excluding hydrogens is 236 g/mol. The number of rotatable bonds is 4. The first-order valence-corrected chi connectivity index (χ1v) is 6.03. The van der Waals surface area contributed by atoms with Gasteiger partial charge in [0.2, 0.25) is 0 Å². The highest BCUT2D eigenvalue weighted by Gasteiger charge is 2.04. The molecule has 0 spiro atoms. The maximum Gasteiger partial charge on any atom is 0.181 e. The summed E-state index contributed by atoms with van der Waals surface area (Å²) in [5.74, 6) is 0.0457. The number of aryl methyl sites for hydroxylation is 1. The largest absolute Gasteiger partial charge is 0.378 e. The molecule has 0 aliphatic heterocycles. The number of hydrogen-bond donors (Lipinski definition) is 1. The lowest BCUT2D eigenvalue weighted by Crippen LogP contribution is -2.13. The molecule has 0 aliphatic carbocycles. The number of nitriles is 1. The molecule has 2 aromatic rings. The molecule has 0 aromatic heterocycles. The van der Waals surface area contributed by atoms with Crippen LogP contribution in [0.15, 0.2) is 48.5 Å². The molecule has 1 N–H and O–H groups in total. The fourth-order valence-electron chi connectivity index (χ4n) is 1.69. The summed E-state index contributed by atoms with van der Waals surface area (Å²) in [5, 5.41) is 11.7. The minimum absolute atomic E-state index is 0.0457. The summed E-state index contributed by atoms with van der Waals surface area (Å²) >= 11 is 0. The van der Waals surface area contributed by atoms with Crippen molar-refractivity contribution in [2.45, 2.75) is 6.92 Å². The average molecular weight is 250 g/mol. The number of nitrogens with zero attached hydrogens (tertiary/aromatic N) is 1. The summed E-state index contributed by atoms with van der Waals surface area (Å²) in [5.41, 5.74) is 3.28. The quantitative estimate of drug-likeness (QED) is 0.848. The highest BCUT2D eigenvalue weighted by atomic mass is 16.1. The van der Waals surface area contributed by atoms with Crippen LogP contribution in [0.4, 0.5) is 5.69 Å². The average Bonchev–Trinajstić information content (AvgIpc) is 2.46. The lowest BCUT2D eigenvalue weighted by atomic mass is 10.1. The molecule has 0 radical (unpaired) electrons. The van der Waals surface area contributed by atoms with Crippen molar-refractivity contribution >= 4 is 11.5 Å². The Hall–Kier alpha value is -2.60. The molecule has 0 saturated carbocycles. The Morgan fingerprint density at radius 1 is 1.11 bits per heavy atom. The number of hydrogen-bond acceptors (Lipinski definition) is 3. The van der Waals surface area contributed by atoms with E-state index in [-0.39, 0.29) is 12.3 Å². The fourth-order valence-corrected chi connectivity index (χ4v) is 1.69. The second kappa shape index (κ2) is 5.83. The first-order chi connectivity index (χ1) is 9.19. The number of carbonyl (C=O) groups excluding carboxylic acids is 1. The summed E-state index contributed by atoms with van der Waals surface area (Å²) < 4.78 is 0. The van der Waals surface area contributed by atoms with E-state index >= 15 is 0 Å². The molecule has 0 heterocycles. The Balaban J connectivity index is 1.96. The van der Waals surface area contributed by atoms with Gasteiger partial charge in [-0.05, 0) is 31.2 Å². The van der Waals surface area contributed by atoms with Crippen LogP contribution in [0.3, 0.4) is 0 Å². The Morgan fingerprint density at radius 3 is 2.32 bits per heavy atom.